The highest BCUT2D eigenvalue weighted by atomic mass is 16.1. The van der Waals surface area contributed by atoms with E-state index in [1.54, 1.807) is 11.6 Å². The first-order valence-corrected chi connectivity index (χ1v) is 7.77. The molecule has 5 heteroatoms. The summed E-state index contributed by atoms with van der Waals surface area (Å²) in [7, 11) is 0. The number of hydrogen-bond acceptors (Lipinski definition) is 4. The Morgan fingerprint density at radius 3 is 2.43 bits per heavy atom. The third-order valence-electron chi connectivity index (χ3n) is 4.27. The van der Waals surface area contributed by atoms with E-state index in [4.69, 9.17) is 0 Å². The number of fused-ring (bicyclic) bond motifs is 1. The van der Waals surface area contributed by atoms with Gasteiger partial charge in [-0.1, -0.05) is 45.0 Å². The minimum Gasteiger partial charge on any atom is -0.328 e. The molecule has 0 bridgehead atoms. The van der Waals surface area contributed by atoms with E-state index in [0.29, 0.717) is 5.95 Å². The molecular formula is C18H22N4O. The van der Waals surface area contributed by atoms with Gasteiger partial charge in [-0.15, -0.1) is 0 Å². The van der Waals surface area contributed by atoms with Gasteiger partial charge in [-0.25, -0.2) is 4.68 Å². The number of carbonyl (C=O) groups is 1. The van der Waals surface area contributed by atoms with Gasteiger partial charge in [-0.3, -0.25) is 4.79 Å². The van der Waals surface area contributed by atoms with E-state index in [9.17, 15) is 4.79 Å². The van der Waals surface area contributed by atoms with Crippen molar-refractivity contribution in [2.45, 2.75) is 46.1 Å². The molecule has 1 N–H and O–H groups in total. The summed E-state index contributed by atoms with van der Waals surface area (Å²) in [5, 5.41) is 7.46. The first kappa shape index (κ1) is 15.5. The quantitative estimate of drug-likeness (QED) is 0.923. The maximum absolute atomic E-state index is 12.2. The Kier molecular flexibility index (Phi) is 3.59. The number of anilines is 1. The normalized spacial score (nSPS) is 17.7. The van der Waals surface area contributed by atoms with Crippen molar-refractivity contribution >= 4 is 11.7 Å². The number of nitrogens with zero attached hydrogens (tertiary/aromatic N) is 3. The lowest BCUT2D eigenvalue weighted by molar-refractivity contribution is -0.114. The molecule has 0 aliphatic carbocycles. The number of hydrogen-bond donors (Lipinski definition) is 1. The molecule has 0 radical (unpaired) electrons. The minimum absolute atomic E-state index is 0.0426. The lowest BCUT2D eigenvalue weighted by Gasteiger charge is -2.28. The Morgan fingerprint density at radius 1 is 1.22 bits per heavy atom. The van der Waals surface area contributed by atoms with Crippen LogP contribution in [0.25, 0.3) is 0 Å². The van der Waals surface area contributed by atoms with Crippen molar-refractivity contribution in [1.29, 1.82) is 0 Å². The second kappa shape index (κ2) is 5.33. The van der Waals surface area contributed by atoms with E-state index in [1.807, 2.05) is 6.92 Å². The van der Waals surface area contributed by atoms with E-state index < -0.39 is 0 Å². The van der Waals surface area contributed by atoms with E-state index >= 15 is 0 Å². The second-order valence-corrected chi connectivity index (χ2v) is 7.02. The lowest BCUT2D eigenvalue weighted by atomic mass is 9.85. The fourth-order valence-electron chi connectivity index (χ4n) is 3.02. The van der Waals surface area contributed by atoms with Crippen LogP contribution in [0.1, 0.15) is 51.8 Å². The van der Waals surface area contributed by atoms with Crippen LogP contribution in [0.4, 0.5) is 5.95 Å². The van der Waals surface area contributed by atoms with Crippen LogP contribution in [0, 0.1) is 0 Å². The van der Waals surface area contributed by atoms with Gasteiger partial charge in [0.15, 0.2) is 5.78 Å². The number of nitrogens with one attached hydrogen (secondary N) is 1. The molecule has 0 amide bonds. The summed E-state index contributed by atoms with van der Waals surface area (Å²) in [6, 6.07) is 8.18. The van der Waals surface area contributed by atoms with E-state index in [2.05, 4.69) is 60.4 Å². The van der Waals surface area contributed by atoms with Crippen LogP contribution in [-0.2, 0) is 10.2 Å². The van der Waals surface area contributed by atoms with Crippen LogP contribution < -0.4 is 5.32 Å². The molecule has 1 atom stereocenters. The number of ketones is 1. The monoisotopic (exact) mass is 310 g/mol. The molecule has 120 valence electrons. The Hall–Kier alpha value is -2.43. The molecule has 3 rings (SSSR count). The Morgan fingerprint density at radius 2 is 1.87 bits per heavy atom. The summed E-state index contributed by atoms with van der Waals surface area (Å²) in [5.74, 6) is 0.707. The molecule has 1 aliphatic rings. The number of rotatable bonds is 2. The zero-order chi connectivity index (χ0) is 16.8. The van der Waals surface area contributed by atoms with Gasteiger partial charge in [0, 0.05) is 11.3 Å². The zero-order valence-corrected chi connectivity index (χ0v) is 14.2. The molecule has 5 nitrogen and oxygen atoms in total. The summed E-state index contributed by atoms with van der Waals surface area (Å²) in [6.07, 6.45) is 1.51. The number of allylic oxidation sites excluding steroid dienone is 2. The fraction of sp³-hybridized carbons (Fsp3) is 0.389. The van der Waals surface area contributed by atoms with E-state index in [0.717, 1.165) is 16.8 Å². The number of aromatic nitrogens is 3. The Labute approximate surface area is 136 Å². The number of Topliss-reactive ketones (excluding diaryl/α,β-unsaturated/α-hetero) is 1. The van der Waals surface area contributed by atoms with Crippen molar-refractivity contribution in [3.8, 4) is 0 Å². The van der Waals surface area contributed by atoms with Gasteiger partial charge in [-0.05, 0) is 30.4 Å². The van der Waals surface area contributed by atoms with Gasteiger partial charge in [0.1, 0.15) is 12.4 Å². The first-order valence-electron chi connectivity index (χ1n) is 7.77. The van der Waals surface area contributed by atoms with E-state index in [-0.39, 0.29) is 17.2 Å². The van der Waals surface area contributed by atoms with Crippen LogP contribution in [0.15, 0.2) is 41.9 Å². The number of benzene rings is 1. The molecule has 1 aromatic heterocycles. The first-order chi connectivity index (χ1) is 10.8. The summed E-state index contributed by atoms with van der Waals surface area (Å²) < 4.78 is 1.77. The van der Waals surface area contributed by atoms with Crippen LogP contribution in [0.2, 0.25) is 0 Å². The van der Waals surface area contributed by atoms with Crippen LogP contribution in [0.5, 0.6) is 0 Å². The van der Waals surface area contributed by atoms with Crippen molar-refractivity contribution in [2.24, 2.45) is 0 Å². The maximum atomic E-state index is 12.2. The van der Waals surface area contributed by atoms with Gasteiger partial charge >= 0.3 is 0 Å². The van der Waals surface area contributed by atoms with Gasteiger partial charge in [0.05, 0.1) is 0 Å². The molecule has 2 aromatic rings. The largest absolute Gasteiger partial charge is 0.328 e. The van der Waals surface area contributed by atoms with Gasteiger partial charge < -0.3 is 5.32 Å². The van der Waals surface area contributed by atoms with E-state index in [1.165, 1.54) is 11.9 Å². The van der Waals surface area contributed by atoms with Gasteiger partial charge in [0.25, 0.3) is 0 Å². The third-order valence-corrected chi connectivity index (χ3v) is 4.27. The average Bonchev–Trinajstić information content (AvgIpc) is 2.92. The highest BCUT2D eigenvalue weighted by molar-refractivity contribution is 5.96. The molecule has 0 saturated carbocycles. The zero-order valence-electron chi connectivity index (χ0n) is 14.2. The van der Waals surface area contributed by atoms with Crippen LogP contribution in [0.3, 0.4) is 0 Å². The lowest BCUT2D eigenvalue weighted by Crippen LogP contribution is -2.27. The SMILES string of the molecule is CC(=O)C1=C(C)Nc2ncnn2C1c1ccc(C(C)(C)C)cc1. The van der Waals surface area contributed by atoms with Crippen LogP contribution >= 0.6 is 0 Å². The van der Waals surface area contributed by atoms with Crippen molar-refractivity contribution in [3.05, 3.63) is 53.0 Å². The second-order valence-electron chi connectivity index (χ2n) is 7.02. The molecule has 0 saturated heterocycles. The Balaban J connectivity index is 2.11. The van der Waals surface area contributed by atoms with Crippen molar-refractivity contribution in [2.75, 3.05) is 5.32 Å². The Bertz CT molecular complexity index is 778. The maximum Gasteiger partial charge on any atom is 0.226 e. The van der Waals surface area contributed by atoms with Crippen LogP contribution in [-0.4, -0.2) is 20.5 Å². The summed E-state index contributed by atoms with van der Waals surface area (Å²) in [4.78, 5) is 16.4. The molecule has 1 unspecified atom stereocenters. The number of carbonyl (C=O) groups excluding carboxylic acids is 1. The third kappa shape index (κ3) is 2.67. The van der Waals surface area contributed by atoms with Crippen molar-refractivity contribution in [3.63, 3.8) is 0 Å². The summed E-state index contributed by atoms with van der Waals surface area (Å²) in [6.45, 7) is 10.1. The highest BCUT2D eigenvalue weighted by Crippen LogP contribution is 2.35. The smallest absolute Gasteiger partial charge is 0.226 e. The van der Waals surface area contributed by atoms with Gasteiger partial charge in [-0.2, -0.15) is 10.1 Å². The molecular weight excluding hydrogens is 288 g/mol. The topological polar surface area (TPSA) is 59.8 Å². The minimum atomic E-state index is -0.236. The average molecular weight is 310 g/mol. The molecule has 1 aromatic carbocycles. The summed E-state index contributed by atoms with van der Waals surface area (Å²) >= 11 is 0. The molecule has 23 heavy (non-hydrogen) atoms. The van der Waals surface area contributed by atoms with Crippen molar-refractivity contribution < 1.29 is 4.79 Å². The molecule has 1 aliphatic heterocycles. The molecule has 0 spiro atoms. The standard InChI is InChI=1S/C18H22N4O/c1-11-15(12(2)23)16(22-17(21-11)19-10-20-22)13-6-8-14(9-7-13)18(3,4)5/h6-10,16H,1-5H3,(H,19,20,21). The highest BCUT2D eigenvalue weighted by Gasteiger charge is 2.31. The molecule has 2 heterocycles. The fourth-order valence-corrected chi connectivity index (χ4v) is 3.02. The van der Waals surface area contributed by atoms with Gasteiger partial charge in [0.2, 0.25) is 5.95 Å². The summed E-state index contributed by atoms with van der Waals surface area (Å²) in [5.41, 5.74) is 3.96. The van der Waals surface area contributed by atoms with Crippen molar-refractivity contribution in [1.82, 2.24) is 14.8 Å². The molecule has 0 fully saturated rings. The predicted octanol–water partition coefficient (Wildman–Crippen LogP) is 3.45. The predicted molar refractivity (Wildman–Crippen MR) is 90.3 cm³/mol.